The van der Waals surface area contributed by atoms with Crippen molar-refractivity contribution in [3.63, 3.8) is 0 Å². The van der Waals surface area contributed by atoms with Crippen LogP contribution in [0.2, 0.25) is 0 Å². The fourth-order valence-electron chi connectivity index (χ4n) is 2.75. The van der Waals surface area contributed by atoms with E-state index < -0.39 is 0 Å². The van der Waals surface area contributed by atoms with Gasteiger partial charge in [-0.2, -0.15) is 11.8 Å². The van der Waals surface area contributed by atoms with Crippen LogP contribution in [0.1, 0.15) is 26.2 Å². The molecule has 2 heterocycles. The van der Waals surface area contributed by atoms with Gasteiger partial charge >= 0.3 is 0 Å². The SMILES string of the molecule is CCC1CNCCC12CCSC2. The van der Waals surface area contributed by atoms with Crippen molar-refractivity contribution in [1.82, 2.24) is 5.32 Å². The highest BCUT2D eigenvalue weighted by molar-refractivity contribution is 7.99. The molecule has 0 amide bonds. The topological polar surface area (TPSA) is 12.0 Å². The number of thioether (sulfide) groups is 1. The van der Waals surface area contributed by atoms with Gasteiger partial charge < -0.3 is 5.32 Å². The minimum absolute atomic E-state index is 0.741. The molecule has 0 bridgehead atoms. The van der Waals surface area contributed by atoms with E-state index in [9.17, 15) is 0 Å². The lowest BCUT2D eigenvalue weighted by Crippen LogP contribution is -2.45. The Kier molecular flexibility index (Phi) is 2.66. The van der Waals surface area contributed by atoms with Crippen LogP contribution in [0.3, 0.4) is 0 Å². The number of hydrogen-bond acceptors (Lipinski definition) is 2. The van der Waals surface area contributed by atoms with Crippen LogP contribution in [0.25, 0.3) is 0 Å². The highest BCUT2D eigenvalue weighted by Gasteiger charge is 2.41. The fraction of sp³-hybridized carbons (Fsp3) is 1.00. The summed E-state index contributed by atoms with van der Waals surface area (Å²) in [6, 6.07) is 0. The van der Waals surface area contributed by atoms with Crippen LogP contribution >= 0.6 is 11.8 Å². The molecule has 0 aliphatic carbocycles. The van der Waals surface area contributed by atoms with E-state index >= 15 is 0 Å². The Hall–Kier alpha value is 0.310. The molecule has 1 nitrogen and oxygen atoms in total. The van der Waals surface area contributed by atoms with E-state index in [0.29, 0.717) is 0 Å². The maximum Gasteiger partial charge on any atom is -0.000690 e. The Labute approximate surface area is 79.7 Å². The van der Waals surface area contributed by atoms with Gasteiger partial charge in [-0.15, -0.1) is 0 Å². The molecule has 0 aromatic rings. The molecular weight excluding hydrogens is 166 g/mol. The van der Waals surface area contributed by atoms with Gasteiger partial charge in [0.05, 0.1) is 0 Å². The lowest BCUT2D eigenvalue weighted by Gasteiger charge is -2.41. The van der Waals surface area contributed by atoms with Crippen LogP contribution in [0, 0.1) is 11.3 Å². The van der Waals surface area contributed by atoms with E-state index in [1.807, 2.05) is 0 Å². The largest absolute Gasteiger partial charge is 0.316 e. The zero-order valence-electron chi connectivity index (χ0n) is 7.94. The summed E-state index contributed by atoms with van der Waals surface area (Å²) in [5.41, 5.74) is 0.741. The van der Waals surface area contributed by atoms with Crippen LogP contribution in [-0.4, -0.2) is 24.6 Å². The van der Waals surface area contributed by atoms with Crippen LogP contribution in [0.4, 0.5) is 0 Å². The van der Waals surface area contributed by atoms with Crippen LogP contribution in [0.5, 0.6) is 0 Å². The summed E-state index contributed by atoms with van der Waals surface area (Å²) in [5, 5.41) is 3.53. The predicted octanol–water partition coefficient (Wildman–Crippen LogP) is 2.13. The van der Waals surface area contributed by atoms with Crippen molar-refractivity contribution in [3.8, 4) is 0 Å². The third-order valence-corrected chi connectivity index (χ3v) is 4.95. The summed E-state index contributed by atoms with van der Waals surface area (Å²) in [7, 11) is 0. The molecular formula is C10H19NS. The van der Waals surface area contributed by atoms with E-state index in [0.717, 1.165) is 11.3 Å². The van der Waals surface area contributed by atoms with Gasteiger partial charge in [-0.3, -0.25) is 0 Å². The molecule has 0 aromatic carbocycles. The van der Waals surface area contributed by atoms with E-state index in [4.69, 9.17) is 0 Å². The number of rotatable bonds is 1. The molecule has 2 rings (SSSR count). The first-order valence-corrected chi connectivity index (χ1v) is 6.31. The molecule has 2 heteroatoms. The van der Waals surface area contributed by atoms with Gasteiger partial charge in [-0.05, 0) is 48.8 Å². The van der Waals surface area contributed by atoms with Crippen molar-refractivity contribution in [2.24, 2.45) is 11.3 Å². The van der Waals surface area contributed by atoms with Crippen molar-refractivity contribution >= 4 is 11.8 Å². The minimum Gasteiger partial charge on any atom is -0.316 e. The lowest BCUT2D eigenvalue weighted by molar-refractivity contribution is 0.134. The standard InChI is InChI=1S/C10H19NS/c1-2-9-7-11-5-3-10(9)4-6-12-8-10/h9,11H,2-8H2,1H3. The molecule has 2 aliphatic heterocycles. The van der Waals surface area contributed by atoms with Crippen molar-refractivity contribution in [1.29, 1.82) is 0 Å². The Balaban J connectivity index is 2.07. The molecule has 0 aromatic heterocycles. The molecule has 2 saturated heterocycles. The number of piperidine rings is 1. The lowest BCUT2D eigenvalue weighted by atomic mass is 9.69. The van der Waals surface area contributed by atoms with Gasteiger partial charge in [0.2, 0.25) is 0 Å². The fourth-order valence-corrected chi connectivity index (χ4v) is 4.38. The van der Waals surface area contributed by atoms with Crippen molar-refractivity contribution in [2.45, 2.75) is 26.2 Å². The molecule has 2 unspecified atom stereocenters. The molecule has 0 saturated carbocycles. The average Bonchev–Trinajstić information content (AvgIpc) is 2.55. The van der Waals surface area contributed by atoms with Gasteiger partial charge in [-0.1, -0.05) is 13.3 Å². The third-order valence-electron chi connectivity index (χ3n) is 3.68. The van der Waals surface area contributed by atoms with Crippen LogP contribution < -0.4 is 5.32 Å². The number of hydrogen-bond donors (Lipinski definition) is 1. The van der Waals surface area contributed by atoms with Crippen molar-refractivity contribution in [3.05, 3.63) is 0 Å². The summed E-state index contributed by atoms with van der Waals surface area (Å²) in [6.45, 7) is 4.89. The molecule has 1 spiro atoms. The summed E-state index contributed by atoms with van der Waals surface area (Å²) in [6.07, 6.45) is 4.28. The molecule has 0 radical (unpaired) electrons. The monoisotopic (exact) mass is 185 g/mol. The Morgan fingerprint density at radius 3 is 3.08 bits per heavy atom. The number of nitrogens with one attached hydrogen (secondary N) is 1. The second-order valence-electron chi connectivity index (χ2n) is 4.22. The second kappa shape index (κ2) is 3.59. The maximum absolute atomic E-state index is 3.53. The van der Waals surface area contributed by atoms with Gasteiger partial charge in [0.25, 0.3) is 0 Å². The summed E-state index contributed by atoms with van der Waals surface area (Å²) >= 11 is 2.17. The zero-order chi connectivity index (χ0) is 8.44. The maximum atomic E-state index is 3.53. The molecule has 2 aliphatic rings. The first kappa shape index (κ1) is 8.89. The van der Waals surface area contributed by atoms with E-state index in [-0.39, 0.29) is 0 Å². The Morgan fingerprint density at radius 2 is 2.42 bits per heavy atom. The van der Waals surface area contributed by atoms with Crippen molar-refractivity contribution in [2.75, 3.05) is 24.6 Å². The highest BCUT2D eigenvalue weighted by Crippen LogP contribution is 2.47. The van der Waals surface area contributed by atoms with Gasteiger partial charge in [-0.25, -0.2) is 0 Å². The average molecular weight is 185 g/mol. The molecule has 2 atom stereocenters. The molecule has 2 fully saturated rings. The zero-order valence-corrected chi connectivity index (χ0v) is 8.75. The first-order valence-electron chi connectivity index (χ1n) is 5.16. The van der Waals surface area contributed by atoms with Gasteiger partial charge in [0.15, 0.2) is 0 Å². The van der Waals surface area contributed by atoms with Gasteiger partial charge in [0, 0.05) is 0 Å². The van der Waals surface area contributed by atoms with Crippen LogP contribution in [0.15, 0.2) is 0 Å². The van der Waals surface area contributed by atoms with Crippen molar-refractivity contribution < 1.29 is 0 Å². The summed E-state index contributed by atoms with van der Waals surface area (Å²) in [4.78, 5) is 0. The smallest absolute Gasteiger partial charge is 0.000690 e. The quantitative estimate of drug-likeness (QED) is 0.671. The molecule has 70 valence electrons. The minimum atomic E-state index is 0.741. The van der Waals surface area contributed by atoms with E-state index in [1.165, 1.54) is 43.9 Å². The second-order valence-corrected chi connectivity index (χ2v) is 5.33. The van der Waals surface area contributed by atoms with Crippen LogP contribution in [-0.2, 0) is 0 Å². The molecule has 1 N–H and O–H groups in total. The summed E-state index contributed by atoms with van der Waals surface area (Å²) < 4.78 is 0. The normalized spacial score (nSPS) is 42.2. The molecule has 12 heavy (non-hydrogen) atoms. The van der Waals surface area contributed by atoms with E-state index in [1.54, 1.807) is 0 Å². The highest BCUT2D eigenvalue weighted by atomic mass is 32.2. The predicted molar refractivity (Wildman–Crippen MR) is 55.6 cm³/mol. The Bertz CT molecular complexity index is 152. The Morgan fingerprint density at radius 1 is 1.50 bits per heavy atom. The third kappa shape index (κ3) is 1.39. The van der Waals surface area contributed by atoms with E-state index in [2.05, 4.69) is 24.0 Å². The summed E-state index contributed by atoms with van der Waals surface area (Å²) in [5.74, 6) is 3.81. The first-order chi connectivity index (χ1) is 5.87. The van der Waals surface area contributed by atoms with Gasteiger partial charge in [0.1, 0.15) is 0 Å².